The summed E-state index contributed by atoms with van der Waals surface area (Å²) in [6, 6.07) is 0. The summed E-state index contributed by atoms with van der Waals surface area (Å²) in [4.78, 5) is 26.3. The van der Waals surface area contributed by atoms with Crippen LogP contribution in [0.2, 0.25) is 0 Å². The number of aliphatic hydroxyl groups is 1. The third-order valence-electron chi connectivity index (χ3n) is 2.07. The van der Waals surface area contributed by atoms with Gasteiger partial charge in [-0.3, -0.25) is 4.57 Å². The SMILES string of the molecule is Cc1nc(=O)n(C[C@H](F)CO)c(=O)n1C. The average Bonchev–Trinajstić information content (AvgIpc) is 2.21. The zero-order chi connectivity index (χ0) is 11.6. The summed E-state index contributed by atoms with van der Waals surface area (Å²) in [5, 5.41) is 8.48. The molecule has 0 aromatic carbocycles. The van der Waals surface area contributed by atoms with E-state index in [4.69, 9.17) is 5.11 Å². The Kier molecular flexibility index (Phi) is 3.35. The first-order chi connectivity index (χ1) is 6.97. The predicted octanol–water partition coefficient (Wildman–Crippen LogP) is -1.42. The molecule has 1 aromatic heterocycles. The molecule has 1 rings (SSSR count). The highest BCUT2D eigenvalue weighted by Gasteiger charge is 2.12. The maximum absolute atomic E-state index is 12.8. The molecule has 0 aliphatic rings. The largest absolute Gasteiger partial charge is 0.393 e. The minimum atomic E-state index is -1.64. The Bertz CT molecular complexity index is 465. The summed E-state index contributed by atoms with van der Waals surface area (Å²) in [5.41, 5.74) is -1.43. The van der Waals surface area contributed by atoms with E-state index in [2.05, 4.69) is 4.98 Å². The molecule has 0 unspecified atom stereocenters. The monoisotopic (exact) mass is 217 g/mol. The molecule has 0 bridgehead atoms. The first-order valence-corrected chi connectivity index (χ1v) is 4.36. The third kappa shape index (κ3) is 2.30. The molecule has 0 saturated heterocycles. The van der Waals surface area contributed by atoms with Crippen molar-refractivity contribution in [3.05, 3.63) is 26.8 Å². The van der Waals surface area contributed by atoms with E-state index in [0.29, 0.717) is 4.57 Å². The molecule has 0 radical (unpaired) electrons. The van der Waals surface area contributed by atoms with Crippen molar-refractivity contribution >= 4 is 0 Å². The Labute approximate surface area is 84.6 Å². The highest BCUT2D eigenvalue weighted by Crippen LogP contribution is 1.90. The number of hydrogen-bond donors (Lipinski definition) is 1. The summed E-state index contributed by atoms with van der Waals surface area (Å²) in [6.07, 6.45) is -1.64. The zero-order valence-electron chi connectivity index (χ0n) is 8.47. The van der Waals surface area contributed by atoms with Gasteiger partial charge in [-0.15, -0.1) is 0 Å². The first kappa shape index (κ1) is 11.6. The summed E-state index contributed by atoms with van der Waals surface area (Å²) < 4.78 is 14.6. The van der Waals surface area contributed by atoms with Crippen LogP contribution in [0.15, 0.2) is 9.59 Å². The minimum Gasteiger partial charge on any atom is -0.393 e. The number of aromatic nitrogens is 3. The number of aliphatic hydroxyl groups excluding tert-OH is 1. The van der Waals surface area contributed by atoms with Crippen LogP contribution in [-0.4, -0.2) is 32.0 Å². The van der Waals surface area contributed by atoms with Crippen molar-refractivity contribution in [2.24, 2.45) is 7.05 Å². The predicted molar refractivity (Wildman–Crippen MR) is 50.5 cm³/mol. The molecule has 0 aliphatic heterocycles. The van der Waals surface area contributed by atoms with Gasteiger partial charge < -0.3 is 5.11 Å². The van der Waals surface area contributed by atoms with Gasteiger partial charge in [0.05, 0.1) is 13.2 Å². The molecule has 6 nitrogen and oxygen atoms in total. The third-order valence-corrected chi connectivity index (χ3v) is 2.07. The van der Waals surface area contributed by atoms with E-state index < -0.39 is 30.7 Å². The van der Waals surface area contributed by atoms with Crippen molar-refractivity contribution in [1.29, 1.82) is 0 Å². The van der Waals surface area contributed by atoms with Gasteiger partial charge in [-0.25, -0.2) is 18.5 Å². The van der Waals surface area contributed by atoms with Crippen molar-refractivity contribution in [3.8, 4) is 0 Å². The molecule has 7 heteroatoms. The lowest BCUT2D eigenvalue weighted by molar-refractivity contribution is 0.158. The van der Waals surface area contributed by atoms with Crippen molar-refractivity contribution in [2.45, 2.75) is 19.6 Å². The van der Waals surface area contributed by atoms with Gasteiger partial charge in [0.25, 0.3) is 0 Å². The molecule has 1 atom stereocenters. The Hall–Kier alpha value is -1.50. The fourth-order valence-corrected chi connectivity index (χ4v) is 1.09. The lowest BCUT2D eigenvalue weighted by Gasteiger charge is -2.09. The van der Waals surface area contributed by atoms with Crippen LogP contribution >= 0.6 is 0 Å². The molecule has 0 spiro atoms. The molecule has 0 amide bonds. The smallest absolute Gasteiger partial charge is 0.353 e. The Morgan fingerprint density at radius 1 is 1.53 bits per heavy atom. The number of halogens is 1. The molecular formula is C8H12FN3O3. The second kappa shape index (κ2) is 4.35. The van der Waals surface area contributed by atoms with Crippen molar-refractivity contribution in [1.82, 2.24) is 14.1 Å². The van der Waals surface area contributed by atoms with Gasteiger partial charge in [0, 0.05) is 7.05 Å². The number of alkyl halides is 1. The molecule has 0 saturated carbocycles. The summed E-state index contributed by atoms with van der Waals surface area (Å²) in [7, 11) is 1.44. The number of rotatable bonds is 3. The van der Waals surface area contributed by atoms with Gasteiger partial charge in [0.15, 0.2) is 0 Å². The van der Waals surface area contributed by atoms with E-state index in [1.54, 1.807) is 0 Å². The minimum absolute atomic E-state index is 0.264. The normalized spacial score (nSPS) is 12.8. The van der Waals surface area contributed by atoms with Gasteiger partial charge >= 0.3 is 11.4 Å². The Morgan fingerprint density at radius 3 is 2.67 bits per heavy atom. The van der Waals surface area contributed by atoms with Crippen LogP contribution in [-0.2, 0) is 13.6 Å². The van der Waals surface area contributed by atoms with E-state index >= 15 is 0 Å². The lowest BCUT2D eigenvalue weighted by atomic mass is 10.4. The maximum Gasteiger partial charge on any atom is 0.353 e. The fourth-order valence-electron chi connectivity index (χ4n) is 1.09. The first-order valence-electron chi connectivity index (χ1n) is 4.36. The van der Waals surface area contributed by atoms with Crippen LogP contribution in [0.25, 0.3) is 0 Å². The van der Waals surface area contributed by atoms with Crippen LogP contribution in [0.3, 0.4) is 0 Å². The Morgan fingerprint density at radius 2 is 2.13 bits per heavy atom. The Balaban J connectivity index is 3.25. The van der Waals surface area contributed by atoms with Crippen LogP contribution in [0, 0.1) is 6.92 Å². The molecule has 84 valence electrons. The van der Waals surface area contributed by atoms with E-state index in [0.717, 1.165) is 4.57 Å². The maximum atomic E-state index is 12.8. The van der Waals surface area contributed by atoms with Gasteiger partial charge in [0.2, 0.25) is 0 Å². The molecule has 0 aliphatic carbocycles. The molecule has 1 heterocycles. The molecule has 0 fully saturated rings. The number of hydrogen-bond acceptors (Lipinski definition) is 4. The van der Waals surface area contributed by atoms with E-state index in [1.165, 1.54) is 14.0 Å². The van der Waals surface area contributed by atoms with Crippen LogP contribution in [0.1, 0.15) is 5.82 Å². The topological polar surface area (TPSA) is 77.1 Å². The summed E-state index contributed by atoms with van der Waals surface area (Å²) in [6.45, 7) is 0.296. The summed E-state index contributed by atoms with van der Waals surface area (Å²) >= 11 is 0. The van der Waals surface area contributed by atoms with Crippen LogP contribution < -0.4 is 11.4 Å². The summed E-state index contributed by atoms with van der Waals surface area (Å²) in [5.74, 6) is 0.264. The van der Waals surface area contributed by atoms with Crippen LogP contribution in [0.5, 0.6) is 0 Å². The molecule has 15 heavy (non-hydrogen) atoms. The van der Waals surface area contributed by atoms with Crippen molar-refractivity contribution in [2.75, 3.05) is 6.61 Å². The number of aryl methyl sites for hydroxylation is 1. The molecule has 1 aromatic rings. The van der Waals surface area contributed by atoms with Gasteiger partial charge in [-0.1, -0.05) is 0 Å². The standard InChI is InChI=1S/C8H12FN3O3/c1-5-10-7(14)12(3-6(9)4-13)8(15)11(5)2/h6,13H,3-4H2,1-2H3/t6-/m0/s1. The van der Waals surface area contributed by atoms with Crippen molar-refractivity contribution < 1.29 is 9.50 Å². The number of nitrogens with zero attached hydrogens (tertiary/aromatic N) is 3. The fraction of sp³-hybridized carbons (Fsp3) is 0.625. The molecular weight excluding hydrogens is 205 g/mol. The zero-order valence-corrected chi connectivity index (χ0v) is 8.47. The van der Waals surface area contributed by atoms with E-state index in [-0.39, 0.29) is 5.82 Å². The second-order valence-electron chi connectivity index (χ2n) is 3.17. The van der Waals surface area contributed by atoms with Crippen LogP contribution in [0.4, 0.5) is 4.39 Å². The van der Waals surface area contributed by atoms with E-state index in [1.807, 2.05) is 0 Å². The highest BCUT2D eigenvalue weighted by molar-refractivity contribution is 4.84. The van der Waals surface area contributed by atoms with E-state index in [9.17, 15) is 14.0 Å². The van der Waals surface area contributed by atoms with Gasteiger partial charge in [0.1, 0.15) is 12.0 Å². The van der Waals surface area contributed by atoms with Gasteiger partial charge in [-0.05, 0) is 6.92 Å². The highest BCUT2D eigenvalue weighted by atomic mass is 19.1. The molecule has 1 N–H and O–H groups in total. The van der Waals surface area contributed by atoms with Gasteiger partial charge in [-0.2, -0.15) is 4.98 Å². The second-order valence-corrected chi connectivity index (χ2v) is 3.17. The van der Waals surface area contributed by atoms with Crippen molar-refractivity contribution in [3.63, 3.8) is 0 Å². The quantitative estimate of drug-likeness (QED) is 0.674. The average molecular weight is 217 g/mol. The lowest BCUT2D eigenvalue weighted by Crippen LogP contribution is -2.43.